The van der Waals surface area contributed by atoms with Crippen molar-refractivity contribution in [3.05, 3.63) is 23.8 Å². The standard InChI is InChI=1S/C19H27NO4/c1-13(2)10-17-15(4-3-7-22-17)20-19(21)12-14-5-6-16-18(11-14)24-9-8-23-16/h5-6,11,13,15,17H,3-4,7-10,12H2,1-2H3,(H,20,21). The van der Waals surface area contributed by atoms with Crippen molar-refractivity contribution in [1.29, 1.82) is 0 Å². The van der Waals surface area contributed by atoms with Crippen molar-refractivity contribution >= 4 is 5.91 Å². The van der Waals surface area contributed by atoms with Gasteiger partial charge in [0.25, 0.3) is 0 Å². The van der Waals surface area contributed by atoms with Gasteiger partial charge in [-0.2, -0.15) is 0 Å². The molecule has 2 aliphatic rings. The van der Waals surface area contributed by atoms with Crippen LogP contribution in [0.1, 0.15) is 38.7 Å². The molecule has 1 amide bonds. The fourth-order valence-electron chi connectivity index (χ4n) is 3.34. The summed E-state index contributed by atoms with van der Waals surface area (Å²) in [6.45, 7) is 6.30. The van der Waals surface area contributed by atoms with E-state index < -0.39 is 0 Å². The highest BCUT2D eigenvalue weighted by atomic mass is 16.6. The van der Waals surface area contributed by atoms with E-state index in [0.717, 1.165) is 42.9 Å². The van der Waals surface area contributed by atoms with Crippen molar-refractivity contribution in [1.82, 2.24) is 5.32 Å². The SMILES string of the molecule is CC(C)CC1OCCCC1NC(=O)Cc1ccc2c(c1)OCCO2. The average molecular weight is 333 g/mol. The molecular formula is C19H27NO4. The first-order valence-electron chi connectivity index (χ1n) is 8.91. The first-order chi connectivity index (χ1) is 11.6. The molecule has 1 aromatic carbocycles. The normalized spacial score (nSPS) is 23.1. The molecule has 1 N–H and O–H groups in total. The van der Waals surface area contributed by atoms with E-state index in [1.54, 1.807) is 0 Å². The molecule has 1 aromatic rings. The van der Waals surface area contributed by atoms with Crippen LogP contribution in [0.25, 0.3) is 0 Å². The van der Waals surface area contributed by atoms with Gasteiger partial charge in [-0.1, -0.05) is 19.9 Å². The van der Waals surface area contributed by atoms with Crippen LogP contribution in [0, 0.1) is 5.92 Å². The summed E-state index contributed by atoms with van der Waals surface area (Å²) in [6, 6.07) is 5.82. The van der Waals surface area contributed by atoms with E-state index in [1.807, 2.05) is 18.2 Å². The second kappa shape index (κ2) is 7.88. The number of hydrogen-bond donors (Lipinski definition) is 1. The van der Waals surface area contributed by atoms with Crippen molar-refractivity contribution in [3.8, 4) is 11.5 Å². The molecule has 2 heterocycles. The van der Waals surface area contributed by atoms with Crippen LogP contribution in [0.3, 0.4) is 0 Å². The minimum atomic E-state index is 0.0379. The lowest BCUT2D eigenvalue weighted by Gasteiger charge is -2.33. The van der Waals surface area contributed by atoms with Crippen molar-refractivity contribution < 1.29 is 19.0 Å². The zero-order chi connectivity index (χ0) is 16.9. The van der Waals surface area contributed by atoms with E-state index in [4.69, 9.17) is 14.2 Å². The van der Waals surface area contributed by atoms with E-state index in [9.17, 15) is 4.79 Å². The van der Waals surface area contributed by atoms with E-state index >= 15 is 0 Å². The molecule has 0 aromatic heterocycles. The molecule has 0 bridgehead atoms. The molecule has 0 spiro atoms. The molecule has 1 saturated heterocycles. The largest absolute Gasteiger partial charge is 0.486 e. The Morgan fingerprint density at radius 1 is 1.21 bits per heavy atom. The number of amides is 1. The summed E-state index contributed by atoms with van der Waals surface area (Å²) in [7, 11) is 0. The van der Waals surface area contributed by atoms with Gasteiger partial charge in [0.15, 0.2) is 11.5 Å². The monoisotopic (exact) mass is 333 g/mol. The Hall–Kier alpha value is -1.75. The van der Waals surface area contributed by atoms with Gasteiger partial charge in [-0.3, -0.25) is 4.79 Å². The molecule has 132 valence electrons. The maximum absolute atomic E-state index is 12.4. The molecule has 2 aliphatic heterocycles. The summed E-state index contributed by atoms with van der Waals surface area (Å²) in [5, 5.41) is 3.17. The molecule has 1 fully saturated rings. The lowest BCUT2D eigenvalue weighted by molar-refractivity contribution is -0.123. The summed E-state index contributed by atoms with van der Waals surface area (Å²) >= 11 is 0. The summed E-state index contributed by atoms with van der Waals surface area (Å²) < 4.78 is 17.0. The van der Waals surface area contributed by atoms with Crippen LogP contribution in [0.2, 0.25) is 0 Å². The number of hydrogen-bond acceptors (Lipinski definition) is 4. The van der Waals surface area contributed by atoms with Crippen molar-refractivity contribution in [2.24, 2.45) is 5.92 Å². The minimum Gasteiger partial charge on any atom is -0.486 e. The smallest absolute Gasteiger partial charge is 0.224 e. The Labute approximate surface area is 143 Å². The van der Waals surface area contributed by atoms with Crippen LogP contribution in [-0.2, 0) is 16.0 Å². The predicted molar refractivity (Wildman–Crippen MR) is 91.5 cm³/mol. The Bertz CT molecular complexity index is 572. The minimum absolute atomic E-state index is 0.0379. The number of nitrogens with one attached hydrogen (secondary N) is 1. The van der Waals surface area contributed by atoms with Gasteiger partial charge in [0, 0.05) is 6.61 Å². The number of benzene rings is 1. The van der Waals surface area contributed by atoms with Gasteiger partial charge < -0.3 is 19.5 Å². The third-order valence-electron chi connectivity index (χ3n) is 4.46. The molecule has 2 atom stereocenters. The van der Waals surface area contributed by atoms with Crippen molar-refractivity contribution in [2.75, 3.05) is 19.8 Å². The lowest BCUT2D eigenvalue weighted by Crippen LogP contribution is -2.48. The van der Waals surface area contributed by atoms with Crippen LogP contribution in [-0.4, -0.2) is 37.9 Å². The number of ether oxygens (including phenoxy) is 3. The second-order valence-electron chi connectivity index (χ2n) is 7.01. The van der Waals surface area contributed by atoms with Crippen LogP contribution in [0.5, 0.6) is 11.5 Å². The highest BCUT2D eigenvalue weighted by molar-refractivity contribution is 5.79. The highest BCUT2D eigenvalue weighted by Crippen LogP contribution is 2.31. The van der Waals surface area contributed by atoms with Gasteiger partial charge in [0.1, 0.15) is 13.2 Å². The maximum Gasteiger partial charge on any atom is 0.224 e. The van der Waals surface area contributed by atoms with Gasteiger partial charge in [-0.05, 0) is 42.9 Å². The molecule has 24 heavy (non-hydrogen) atoms. The highest BCUT2D eigenvalue weighted by Gasteiger charge is 2.28. The zero-order valence-corrected chi connectivity index (χ0v) is 14.5. The first kappa shape index (κ1) is 17.1. The molecule has 2 unspecified atom stereocenters. The molecule has 5 nitrogen and oxygen atoms in total. The average Bonchev–Trinajstić information content (AvgIpc) is 2.56. The molecule has 0 aliphatic carbocycles. The number of fused-ring (bicyclic) bond motifs is 1. The third kappa shape index (κ3) is 4.41. The van der Waals surface area contributed by atoms with Gasteiger partial charge in [0.2, 0.25) is 5.91 Å². The summed E-state index contributed by atoms with van der Waals surface area (Å²) in [6.07, 6.45) is 3.45. The number of rotatable bonds is 5. The first-order valence-corrected chi connectivity index (χ1v) is 8.91. The zero-order valence-electron chi connectivity index (χ0n) is 14.5. The Morgan fingerprint density at radius 2 is 2.00 bits per heavy atom. The predicted octanol–water partition coefficient (Wildman–Crippen LogP) is 2.71. The van der Waals surface area contributed by atoms with E-state index in [2.05, 4.69) is 19.2 Å². The van der Waals surface area contributed by atoms with Gasteiger partial charge in [0.05, 0.1) is 18.6 Å². The summed E-state index contributed by atoms with van der Waals surface area (Å²) in [5.74, 6) is 2.08. The Balaban J connectivity index is 1.58. The van der Waals surface area contributed by atoms with Gasteiger partial charge in [-0.25, -0.2) is 0 Å². The summed E-state index contributed by atoms with van der Waals surface area (Å²) in [4.78, 5) is 12.4. The summed E-state index contributed by atoms with van der Waals surface area (Å²) in [5.41, 5.74) is 0.939. The van der Waals surface area contributed by atoms with Crippen LogP contribution in [0.15, 0.2) is 18.2 Å². The van der Waals surface area contributed by atoms with Gasteiger partial charge in [-0.15, -0.1) is 0 Å². The lowest BCUT2D eigenvalue weighted by atomic mass is 9.94. The quantitative estimate of drug-likeness (QED) is 0.900. The fourth-order valence-corrected chi connectivity index (χ4v) is 3.34. The Morgan fingerprint density at radius 3 is 2.79 bits per heavy atom. The van der Waals surface area contributed by atoms with Crippen LogP contribution >= 0.6 is 0 Å². The Kier molecular flexibility index (Phi) is 5.61. The topological polar surface area (TPSA) is 56.8 Å². The maximum atomic E-state index is 12.4. The number of carbonyl (C=O) groups excluding carboxylic acids is 1. The third-order valence-corrected chi connectivity index (χ3v) is 4.46. The molecule has 0 radical (unpaired) electrons. The molecule has 0 saturated carbocycles. The van der Waals surface area contributed by atoms with E-state index in [-0.39, 0.29) is 18.1 Å². The van der Waals surface area contributed by atoms with Gasteiger partial charge >= 0.3 is 0 Å². The van der Waals surface area contributed by atoms with Crippen LogP contribution in [0.4, 0.5) is 0 Å². The van der Waals surface area contributed by atoms with Crippen molar-refractivity contribution in [3.63, 3.8) is 0 Å². The van der Waals surface area contributed by atoms with E-state index in [0.29, 0.717) is 25.6 Å². The fraction of sp³-hybridized carbons (Fsp3) is 0.632. The van der Waals surface area contributed by atoms with Crippen molar-refractivity contribution in [2.45, 2.75) is 51.7 Å². The van der Waals surface area contributed by atoms with E-state index in [1.165, 1.54) is 0 Å². The molecule has 3 rings (SSSR count). The van der Waals surface area contributed by atoms with Crippen LogP contribution < -0.4 is 14.8 Å². The molecule has 5 heteroatoms. The number of carbonyl (C=O) groups is 1. The second-order valence-corrected chi connectivity index (χ2v) is 7.01. The molecular weight excluding hydrogens is 306 g/mol.